The first-order chi connectivity index (χ1) is 13.7. The number of carbonyl (C=O) groups excluding carboxylic acids is 2. The zero-order valence-corrected chi connectivity index (χ0v) is 16.1. The third-order valence-electron chi connectivity index (χ3n) is 4.55. The fourth-order valence-corrected chi connectivity index (χ4v) is 4.00. The maximum absolute atomic E-state index is 13.0. The highest BCUT2D eigenvalue weighted by molar-refractivity contribution is 7.17. The Morgan fingerprint density at radius 2 is 1.79 bits per heavy atom. The van der Waals surface area contributed by atoms with Crippen molar-refractivity contribution < 1.29 is 9.59 Å². The van der Waals surface area contributed by atoms with Gasteiger partial charge < -0.3 is 15.2 Å². The number of benzene rings is 2. The predicted molar refractivity (Wildman–Crippen MR) is 113 cm³/mol. The maximum Gasteiger partial charge on any atom is 0.272 e. The van der Waals surface area contributed by atoms with Gasteiger partial charge in [0.15, 0.2) is 0 Å². The number of thiophene rings is 1. The molecule has 0 aliphatic carbocycles. The first kappa shape index (κ1) is 18.0. The van der Waals surface area contributed by atoms with Crippen molar-refractivity contribution in [2.24, 2.45) is 0 Å². The van der Waals surface area contributed by atoms with Crippen LogP contribution in [-0.2, 0) is 6.54 Å². The summed E-state index contributed by atoms with van der Waals surface area (Å²) in [6, 6.07) is 20.9. The number of fused-ring (bicyclic) bond motifs is 1. The molecule has 0 radical (unpaired) electrons. The van der Waals surface area contributed by atoms with Crippen molar-refractivity contribution in [2.45, 2.75) is 6.54 Å². The molecule has 28 heavy (non-hydrogen) atoms. The van der Waals surface area contributed by atoms with E-state index in [1.165, 1.54) is 0 Å². The molecule has 2 amide bonds. The smallest absolute Gasteiger partial charge is 0.272 e. The van der Waals surface area contributed by atoms with E-state index in [9.17, 15) is 9.59 Å². The van der Waals surface area contributed by atoms with Gasteiger partial charge in [0.25, 0.3) is 11.8 Å². The summed E-state index contributed by atoms with van der Waals surface area (Å²) in [5.41, 5.74) is 3.85. The number of carbonyl (C=O) groups is 2. The molecule has 0 saturated carbocycles. The number of nitrogens with zero attached hydrogens (tertiary/aromatic N) is 1. The summed E-state index contributed by atoms with van der Waals surface area (Å²) in [6.07, 6.45) is 0. The topological polar surface area (TPSA) is 63.1 Å². The first-order valence-electron chi connectivity index (χ1n) is 8.90. The summed E-state index contributed by atoms with van der Waals surface area (Å²) in [5.74, 6) is -0.391. The Morgan fingerprint density at radius 1 is 0.964 bits per heavy atom. The van der Waals surface area contributed by atoms with Crippen molar-refractivity contribution in [1.82, 2.24) is 9.88 Å². The molecule has 0 bridgehead atoms. The molecule has 0 aliphatic rings. The van der Waals surface area contributed by atoms with E-state index in [4.69, 9.17) is 0 Å². The second-order valence-corrected chi connectivity index (χ2v) is 7.33. The fourth-order valence-electron chi connectivity index (χ4n) is 3.18. The third kappa shape index (κ3) is 3.54. The van der Waals surface area contributed by atoms with Gasteiger partial charge in [0.05, 0.1) is 10.2 Å². The normalized spacial score (nSPS) is 10.8. The van der Waals surface area contributed by atoms with Gasteiger partial charge in [-0.3, -0.25) is 9.59 Å². The molecule has 0 atom stereocenters. The van der Waals surface area contributed by atoms with Gasteiger partial charge in [-0.15, -0.1) is 11.3 Å². The van der Waals surface area contributed by atoms with Crippen molar-refractivity contribution >= 4 is 39.1 Å². The summed E-state index contributed by atoms with van der Waals surface area (Å²) >= 11 is 1.61. The van der Waals surface area contributed by atoms with E-state index < -0.39 is 0 Å². The average Bonchev–Trinajstić information content (AvgIpc) is 3.31. The molecule has 2 N–H and O–H groups in total. The van der Waals surface area contributed by atoms with Crippen molar-refractivity contribution in [3.8, 4) is 0 Å². The number of hydrogen-bond acceptors (Lipinski definition) is 3. The van der Waals surface area contributed by atoms with Gasteiger partial charge in [-0.2, -0.15) is 0 Å². The van der Waals surface area contributed by atoms with E-state index in [2.05, 4.69) is 10.6 Å². The van der Waals surface area contributed by atoms with E-state index in [1.807, 2.05) is 52.4 Å². The molecule has 5 nitrogen and oxygen atoms in total. The Hall–Kier alpha value is -3.38. The van der Waals surface area contributed by atoms with Crippen LogP contribution in [0.1, 0.15) is 26.4 Å². The van der Waals surface area contributed by atoms with E-state index >= 15 is 0 Å². The number of rotatable bonds is 5. The quantitative estimate of drug-likeness (QED) is 0.533. The van der Waals surface area contributed by atoms with E-state index in [0.29, 0.717) is 23.5 Å². The summed E-state index contributed by atoms with van der Waals surface area (Å²) in [7, 11) is 1.58. The lowest BCUT2D eigenvalue weighted by Gasteiger charge is -2.11. The van der Waals surface area contributed by atoms with Crippen LogP contribution in [0.4, 0.5) is 5.69 Å². The van der Waals surface area contributed by atoms with E-state index in [-0.39, 0.29) is 11.8 Å². The van der Waals surface area contributed by atoms with Gasteiger partial charge in [0, 0.05) is 24.8 Å². The molecule has 0 saturated heterocycles. The maximum atomic E-state index is 13.0. The molecular formula is C22H19N3O2S. The lowest BCUT2D eigenvalue weighted by Crippen LogP contribution is -2.19. The summed E-state index contributed by atoms with van der Waals surface area (Å²) in [4.78, 5) is 24.9. The Balaban J connectivity index is 1.65. The van der Waals surface area contributed by atoms with Gasteiger partial charge in [0.2, 0.25) is 0 Å². The molecule has 0 fully saturated rings. The Morgan fingerprint density at radius 3 is 2.57 bits per heavy atom. The van der Waals surface area contributed by atoms with Crippen LogP contribution < -0.4 is 10.6 Å². The van der Waals surface area contributed by atoms with Crippen LogP contribution in [0.15, 0.2) is 72.1 Å². The third-order valence-corrected chi connectivity index (χ3v) is 5.40. The van der Waals surface area contributed by atoms with Crippen molar-refractivity contribution in [3.63, 3.8) is 0 Å². The Kier molecular flexibility index (Phi) is 4.95. The largest absolute Gasteiger partial charge is 0.355 e. The lowest BCUT2D eigenvalue weighted by molar-refractivity contribution is 0.0961. The second-order valence-electron chi connectivity index (χ2n) is 6.39. The monoisotopic (exact) mass is 389 g/mol. The highest BCUT2D eigenvalue weighted by Crippen LogP contribution is 2.27. The van der Waals surface area contributed by atoms with E-state index in [1.54, 1.807) is 42.6 Å². The number of hydrogen-bond donors (Lipinski definition) is 2. The molecule has 4 aromatic rings. The van der Waals surface area contributed by atoms with Crippen molar-refractivity contribution in [2.75, 3.05) is 12.4 Å². The number of nitrogens with one attached hydrogen (secondary N) is 2. The molecule has 2 aromatic heterocycles. The Bertz CT molecular complexity index is 1150. The first-order valence-corrected chi connectivity index (χ1v) is 9.78. The minimum absolute atomic E-state index is 0.191. The van der Waals surface area contributed by atoms with Gasteiger partial charge >= 0.3 is 0 Å². The van der Waals surface area contributed by atoms with Gasteiger partial charge in [0.1, 0.15) is 5.69 Å². The van der Waals surface area contributed by atoms with Crippen LogP contribution in [0.3, 0.4) is 0 Å². The number of anilines is 1. The minimum atomic E-state index is -0.201. The van der Waals surface area contributed by atoms with Crippen molar-refractivity contribution in [1.29, 1.82) is 0 Å². The molecule has 140 valence electrons. The summed E-state index contributed by atoms with van der Waals surface area (Å²) < 4.78 is 3.10. The molecule has 0 aliphatic heterocycles. The van der Waals surface area contributed by atoms with Crippen molar-refractivity contribution in [3.05, 3.63) is 88.9 Å². The molecule has 2 heterocycles. The van der Waals surface area contributed by atoms with Gasteiger partial charge in [-0.1, -0.05) is 36.4 Å². The highest BCUT2D eigenvalue weighted by Gasteiger charge is 2.17. The standard InChI is InChI=1S/C22H19N3O2S/c1-23-21(26)16-8-5-9-17(12-16)24-22(27)19-13-20-18(10-11-28-20)25(19)14-15-6-3-2-4-7-15/h2-13H,14H2,1H3,(H,23,26)(H,24,27). The minimum Gasteiger partial charge on any atom is -0.355 e. The van der Waals surface area contributed by atoms with Gasteiger partial charge in [-0.25, -0.2) is 0 Å². The van der Waals surface area contributed by atoms with Crippen LogP contribution in [0, 0.1) is 0 Å². The Labute approximate surface area is 166 Å². The zero-order valence-electron chi connectivity index (χ0n) is 15.3. The van der Waals surface area contributed by atoms with Crippen LogP contribution in [0.25, 0.3) is 10.2 Å². The lowest BCUT2D eigenvalue weighted by atomic mass is 10.2. The zero-order chi connectivity index (χ0) is 19.5. The van der Waals surface area contributed by atoms with Gasteiger partial charge in [-0.05, 0) is 41.3 Å². The van der Waals surface area contributed by atoms with Crippen LogP contribution >= 0.6 is 11.3 Å². The molecule has 6 heteroatoms. The SMILES string of the molecule is CNC(=O)c1cccc(NC(=O)c2cc3sccc3n2Cc2ccccc2)c1. The molecule has 0 unspecified atom stereocenters. The van der Waals surface area contributed by atoms with Crippen LogP contribution in [0.5, 0.6) is 0 Å². The fraction of sp³-hybridized carbons (Fsp3) is 0.0909. The van der Waals surface area contributed by atoms with E-state index in [0.717, 1.165) is 15.8 Å². The summed E-state index contributed by atoms with van der Waals surface area (Å²) in [5, 5.41) is 7.54. The van der Waals surface area contributed by atoms with Crippen LogP contribution in [0.2, 0.25) is 0 Å². The van der Waals surface area contributed by atoms with Crippen LogP contribution in [-0.4, -0.2) is 23.4 Å². The molecule has 0 spiro atoms. The predicted octanol–water partition coefficient (Wildman–Crippen LogP) is 4.36. The number of amides is 2. The molecular weight excluding hydrogens is 370 g/mol. The molecule has 2 aromatic carbocycles. The molecule has 4 rings (SSSR count). The second kappa shape index (κ2) is 7.70. The average molecular weight is 389 g/mol. The summed E-state index contributed by atoms with van der Waals surface area (Å²) in [6.45, 7) is 0.613. The number of aromatic nitrogens is 1. The highest BCUT2D eigenvalue weighted by atomic mass is 32.1.